The van der Waals surface area contributed by atoms with E-state index < -0.39 is 11.8 Å². The van der Waals surface area contributed by atoms with Crippen molar-refractivity contribution < 1.29 is 13.7 Å². The summed E-state index contributed by atoms with van der Waals surface area (Å²) in [7, 11) is 0. The third kappa shape index (κ3) is 3.08. The fourth-order valence-electron chi connectivity index (χ4n) is 1.68. The van der Waals surface area contributed by atoms with Gasteiger partial charge < -0.3 is 15.2 Å². The first-order valence-corrected chi connectivity index (χ1v) is 6.37. The first-order chi connectivity index (χ1) is 9.51. The highest BCUT2D eigenvalue weighted by atomic mass is 35.5. The van der Waals surface area contributed by atoms with E-state index in [0.29, 0.717) is 28.6 Å². The minimum atomic E-state index is -0.591. The zero-order valence-corrected chi connectivity index (χ0v) is 11.7. The van der Waals surface area contributed by atoms with Gasteiger partial charge in [0.2, 0.25) is 0 Å². The van der Waals surface area contributed by atoms with E-state index in [0.717, 1.165) is 0 Å². The van der Waals surface area contributed by atoms with Crippen LogP contribution in [0.4, 0.5) is 20.6 Å². The van der Waals surface area contributed by atoms with Crippen molar-refractivity contribution in [2.45, 2.75) is 20.3 Å². The molecule has 1 aromatic heterocycles. The number of anilines is 2. The SMILES string of the molecule is CCc1onc(C)c1NC(=O)Nc1cc(Cl)ccc1F. The fraction of sp³-hybridized carbons (Fsp3) is 0.231. The lowest BCUT2D eigenvalue weighted by Gasteiger charge is -2.08. The molecule has 0 saturated heterocycles. The third-order valence-corrected chi connectivity index (χ3v) is 2.90. The number of nitrogens with zero attached hydrogens (tertiary/aromatic N) is 1. The Bertz CT molecular complexity index is 643. The van der Waals surface area contributed by atoms with Gasteiger partial charge in [0.1, 0.15) is 17.2 Å². The number of urea groups is 1. The van der Waals surface area contributed by atoms with Crippen LogP contribution in [0.15, 0.2) is 22.7 Å². The van der Waals surface area contributed by atoms with Gasteiger partial charge in [0.05, 0.1) is 5.69 Å². The van der Waals surface area contributed by atoms with Crippen molar-refractivity contribution in [1.82, 2.24) is 5.16 Å². The van der Waals surface area contributed by atoms with E-state index in [1.165, 1.54) is 18.2 Å². The molecule has 0 radical (unpaired) electrons. The molecule has 0 fully saturated rings. The van der Waals surface area contributed by atoms with Gasteiger partial charge in [0.15, 0.2) is 5.76 Å². The molecule has 20 heavy (non-hydrogen) atoms. The van der Waals surface area contributed by atoms with Crippen LogP contribution in [0.3, 0.4) is 0 Å². The number of halogens is 2. The topological polar surface area (TPSA) is 67.2 Å². The molecular formula is C13H13ClFN3O2. The summed E-state index contributed by atoms with van der Waals surface area (Å²) < 4.78 is 18.6. The lowest BCUT2D eigenvalue weighted by atomic mass is 10.2. The van der Waals surface area contributed by atoms with Crippen molar-refractivity contribution in [3.63, 3.8) is 0 Å². The van der Waals surface area contributed by atoms with Crippen LogP contribution in [0.5, 0.6) is 0 Å². The second-order valence-electron chi connectivity index (χ2n) is 4.12. The van der Waals surface area contributed by atoms with Crippen molar-refractivity contribution >= 4 is 29.0 Å². The van der Waals surface area contributed by atoms with Gasteiger partial charge in [-0.15, -0.1) is 0 Å². The van der Waals surface area contributed by atoms with Crippen LogP contribution in [0.25, 0.3) is 0 Å². The van der Waals surface area contributed by atoms with Gasteiger partial charge in [-0.05, 0) is 25.1 Å². The Morgan fingerprint density at radius 3 is 2.90 bits per heavy atom. The van der Waals surface area contributed by atoms with E-state index in [4.69, 9.17) is 16.1 Å². The highest BCUT2D eigenvalue weighted by molar-refractivity contribution is 6.30. The first kappa shape index (κ1) is 14.3. The number of aromatic nitrogens is 1. The minimum Gasteiger partial charge on any atom is -0.359 e. The first-order valence-electron chi connectivity index (χ1n) is 5.99. The maximum atomic E-state index is 13.5. The summed E-state index contributed by atoms with van der Waals surface area (Å²) in [4.78, 5) is 11.9. The number of benzene rings is 1. The van der Waals surface area contributed by atoms with Crippen molar-refractivity contribution in [2.24, 2.45) is 0 Å². The van der Waals surface area contributed by atoms with E-state index in [1.807, 2.05) is 6.92 Å². The van der Waals surface area contributed by atoms with Crippen LogP contribution in [-0.4, -0.2) is 11.2 Å². The van der Waals surface area contributed by atoms with Crippen molar-refractivity contribution in [3.8, 4) is 0 Å². The number of carbonyl (C=O) groups is 1. The predicted octanol–water partition coefficient (Wildman–Crippen LogP) is 3.98. The third-order valence-electron chi connectivity index (χ3n) is 2.67. The molecule has 1 heterocycles. The number of carbonyl (C=O) groups excluding carboxylic acids is 1. The molecule has 0 spiro atoms. The predicted molar refractivity (Wildman–Crippen MR) is 74.7 cm³/mol. The quantitative estimate of drug-likeness (QED) is 0.900. The molecule has 0 unspecified atom stereocenters. The Labute approximate surface area is 120 Å². The van der Waals surface area contributed by atoms with Gasteiger partial charge in [-0.2, -0.15) is 0 Å². The number of amides is 2. The van der Waals surface area contributed by atoms with Crippen LogP contribution >= 0.6 is 11.6 Å². The number of hydrogen-bond donors (Lipinski definition) is 2. The van der Waals surface area contributed by atoms with Crippen LogP contribution in [0, 0.1) is 12.7 Å². The van der Waals surface area contributed by atoms with Crippen LogP contribution in [-0.2, 0) is 6.42 Å². The Hall–Kier alpha value is -2.08. The zero-order valence-electron chi connectivity index (χ0n) is 11.0. The fourth-order valence-corrected chi connectivity index (χ4v) is 1.85. The summed E-state index contributed by atoms with van der Waals surface area (Å²) in [6.07, 6.45) is 0.585. The second-order valence-corrected chi connectivity index (χ2v) is 4.56. The molecule has 0 aliphatic heterocycles. The molecule has 1 aromatic carbocycles. The van der Waals surface area contributed by atoms with Crippen molar-refractivity contribution in [2.75, 3.05) is 10.6 Å². The molecular weight excluding hydrogens is 285 g/mol. The highest BCUT2D eigenvalue weighted by Crippen LogP contribution is 2.22. The number of aryl methyl sites for hydroxylation is 2. The highest BCUT2D eigenvalue weighted by Gasteiger charge is 2.15. The standard InChI is InChI=1S/C13H13ClFN3O2/c1-3-11-12(7(2)18-20-11)17-13(19)16-10-6-8(14)4-5-9(10)15/h4-6H,3H2,1-2H3,(H2,16,17,19). The molecule has 0 atom stereocenters. The summed E-state index contributed by atoms with van der Waals surface area (Å²) in [5.74, 6) is -0.00785. The molecule has 0 aliphatic carbocycles. The van der Waals surface area contributed by atoms with Gasteiger partial charge >= 0.3 is 6.03 Å². The zero-order chi connectivity index (χ0) is 14.7. The molecule has 0 aliphatic rings. The number of rotatable bonds is 3. The molecule has 7 heteroatoms. The molecule has 0 saturated carbocycles. The van der Waals surface area contributed by atoms with Gasteiger partial charge in [-0.3, -0.25) is 0 Å². The second kappa shape index (κ2) is 5.92. The Balaban J connectivity index is 2.13. The Morgan fingerprint density at radius 1 is 1.45 bits per heavy atom. The smallest absolute Gasteiger partial charge is 0.323 e. The summed E-state index contributed by atoms with van der Waals surface area (Å²) in [6.45, 7) is 3.58. The molecule has 2 amide bonds. The summed E-state index contributed by atoms with van der Waals surface area (Å²) in [5.41, 5.74) is 1.05. The lowest BCUT2D eigenvalue weighted by Crippen LogP contribution is -2.21. The van der Waals surface area contributed by atoms with E-state index in [9.17, 15) is 9.18 Å². The molecule has 106 valence electrons. The van der Waals surface area contributed by atoms with Gasteiger partial charge in [0, 0.05) is 11.4 Å². The molecule has 2 rings (SSSR count). The monoisotopic (exact) mass is 297 g/mol. The van der Waals surface area contributed by atoms with Crippen LogP contribution in [0.1, 0.15) is 18.4 Å². The largest absolute Gasteiger partial charge is 0.359 e. The molecule has 2 aromatic rings. The van der Waals surface area contributed by atoms with Crippen LogP contribution in [0.2, 0.25) is 5.02 Å². The van der Waals surface area contributed by atoms with Gasteiger partial charge in [-0.25, -0.2) is 9.18 Å². The lowest BCUT2D eigenvalue weighted by molar-refractivity contribution is 0.262. The maximum absolute atomic E-state index is 13.5. The van der Waals surface area contributed by atoms with E-state index in [2.05, 4.69) is 15.8 Å². The van der Waals surface area contributed by atoms with E-state index >= 15 is 0 Å². The molecule has 5 nitrogen and oxygen atoms in total. The van der Waals surface area contributed by atoms with Gasteiger partial charge in [-0.1, -0.05) is 23.7 Å². The molecule has 2 N–H and O–H groups in total. The maximum Gasteiger partial charge on any atom is 0.323 e. The van der Waals surface area contributed by atoms with Crippen molar-refractivity contribution in [3.05, 3.63) is 40.5 Å². The average molecular weight is 298 g/mol. The van der Waals surface area contributed by atoms with Crippen LogP contribution < -0.4 is 10.6 Å². The Kier molecular flexibility index (Phi) is 4.24. The molecule has 0 bridgehead atoms. The average Bonchev–Trinajstić information content (AvgIpc) is 2.75. The van der Waals surface area contributed by atoms with E-state index in [1.54, 1.807) is 6.92 Å². The minimum absolute atomic E-state index is 0.00200. The van der Waals surface area contributed by atoms with Gasteiger partial charge in [0.25, 0.3) is 0 Å². The number of hydrogen-bond acceptors (Lipinski definition) is 3. The van der Waals surface area contributed by atoms with E-state index in [-0.39, 0.29) is 5.69 Å². The normalized spacial score (nSPS) is 10.4. The Morgan fingerprint density at radius 2 is 2.20 bits per heavy atom. The summed E-state index contributed by atoms with van der Waals surface area (Å²) >= 11 is 5.75. The summed E-state index contributed by atoms with van der Waals surface area (Å²) in [6, 6.07) is 3.32. The number of nitrogens with one attached hydrogen (secondary N) is 2. The summed E-state index contributed by atoms with van der Waals surface area (Å²) in [5, 5.41) is 9.07. The van der Waals surface area contributed by atoms with Crippen molar-refractivity contribution in [1.29, 1.82) is 0 Å².